The number of nitrogens with one attached hydrogen (secondary N) is 1. The molecule has 0 spiro atoms. The highest BCUT2D eigenvalue weighted by Gasteiger charge is 2.21. The molecule has 1 saturated heterocycles. The Labute approximate surface area is 109 Å². The van der Waals surface area contributed by atoms with Crippen molar-refractivity contribution in [1.29, 1.82) is 0 Å². The molecule has 0 amide bonds. The highest BCUT2D eigenvalue weighted by Crippen LogP contribution is 2.14. The first-order valence-electron chi connectivity index (χ1n) is 6.55. The summed E-state index contributed by atoms with van der Waals surface area (Å²) in [5.74, 6) is 1.79. The van der Waals surface area contributed by atoms with Crippen LogP contribution in [0.4, 0.5) is 5.82 Å². The second-order valence-corrected chi connectivity index (χ2v) is 4.77. The Morgan fingerprint density at radius 2 is 2.33 bits per heavy atom. The maximum Gasteiger partial charge on any atom is 0.144 e. The molecule has 0 aromatic carbocycles. The number of rotatable bonds is 5. The van der Waals surface area contributed by atoms with Gasteiger partial charge in [-0.15, -0.1) is 0 Å². The predicted molar refractivity (Wildman–Crippen MR) is 71.6 cm³/mol. The summed E-state index contributed by atoms with van der Waals surface area (Å²) in [6, 6.07) is 2.47. The molecule has 1 unspecified atom stereocenters. The number of aromatic nitrogens is 2. The van der Waals surface area contributed by atoms with Gasteiger partial charge in [-0.25, -0.2) is 9.97 Å². The Morgan fingerprint density at radius 3 is 3.00 bits per heavy atom. The van der Waals surface area contributed by atoms with Crippen LogP contribution in [0, 0.1) is 6.92 Å². The van der Waals surface area contributed by atoms with Gasteiger partial charge in [0.05, 0.1) is 13.2 Å². The summed E-state index contributed by atoms with van der Waals surface area (Å²) in [7, 11) is 2.11. The van der Waals surface area contributed by atoms with E-state index in [4.69, 9.17) is 4.74 Å². The highest BCUT2D eigenvalue weighted by molar-refractivity contribution is 5.35. The average molecular weight is 250 g/mol. The Hall–Kier alpha value is -1.20. The summed E-state index contributed by atoms with van der Waals surface area (Å²) in [5.41, 5.74) is 1.01. The van der Waals surface area contributed by atoms with Crippen LogP contribution in [0.1, 0.15) is 24.9 Å². The van der Waals surface area contributed by atoms with E-state index >= 15 is 0 Å². The molecule has 1 aromatic heterocycles. The lowest BCUT2D eigenvalue weighted by Gasteiger charge is -2.22. The first-order valence-corrected chi connectivity index (χ1v) is 6.55. The average Bonchev–Trinajstić information content (AvgIpc) is 2.81. The molecule has 1 atom stereocenters. The molecule has 1 N–H and O–H groups in total. The van der Waals surface area contributed by atoms with Gasteiger partial charge in [-0.05, 0) is 27.3 Å². The van der Waals surface area contributed by atoms with E-state index in [9.17, 15) is 0 Å². The summed E-state index contributed by atoms with van der Waals surface area (Å²) in [6.07, 6.45) is 1.10. The molecule has 100 valence electrons. The summed E-state index contributed by atoms with van der Waals surface area (Å²) < 4.78 is 5.41. The second-order valence-electron chi connectivity index (χ2n) is 4.77. The van der Waals surface area contributed by atoms with Gasteiger partial charge >= 0.3 is 0 Å². The minimum atomic E-state index is 0.497. The Bertz CT molecular complexity index is 391. The molecule has 5 heteroatoms. The third-order valence-electron chi connectivity index (χ3n) is 3.18. The smallest absolute Gasteiger partial charge is 0.144 e. The Kier molecular flexibility index (Phi) is 4.49. The normalized spacial score (nSPS) is 19.4. The molecule has 5 nitrogen and oxygen atoms in total. The van der Waals surface area contributed by atoms with Crippen LogP contribution < -0.4 is 5.32 Å². The van der Waals surface area contributed by atoms with Gasteiger partial charge in [0, 0.05) is 31.0 Å². The predicted octanol–water partition coefficient (Wildman–Crippen LogP) is 1.44. The molecule has 1 fully saturated rings. The number of likely N-dealkylation sites (N-methyl/N-ethyl adjacent to an activating group) is 1. The Balaban J connectivity index is 2.03. The zero-order chi connectivity index (χ0) is 13.0. The van der Waals surface area contributed by atoms with Gasteiger partial charge < -0.3 is 10.1 Å². The number of anilines is 1. The number of ether oxygens (including phenoxy) is 1. The van der Waals surface area contributed by atoms with Crippen molar-refractivity contribution in [1.82, 2.24) is 14.9 Å². The maximum atomic E-state index is 5.41. The minimum Gasteiger partial charge on any atom is -0.380 e. The van der Waals surface area contributed by atoms with Crippen LogP contribution in [0.3, 0.4) is 0 Å². The number of aryl methyl sites for hydroxylation is 1. The molecule has 18 heavy (non-hydrogen) atoms. The van der Waals surface area contributed by atoms with Crippen LogP contribution >= 0.6 is 0 Å². The van der Waals surface area contributed by atoms with E-state index in [0.29, 0.717) is 6.04 Å². The summed E-state index contributed by atoms with van der Waals surface area (Å²) in [6.45, 7) is 7.41. The van der Waals surface area contributed by atoms with Crippen molar-refractivity contribution >= 4 is 5.82 Å². The van der Waals surface area contributed by atoms with Crippen molar-refractivity contribution < 1.29 is 4.74 Å². The van der Waals surface area contributed by atoms with Crippen LogP contribution in [0.25, 0.3) is 0 Å². The van der Waals surface area contributed by atoms with Gasteiger partial charge in [0.25, 0.3) is 0 Å². The van der Waals surface area contributed by atoms with Crippen LogP contribution in [0.5, 0.6) is 0 Å². The van der Waals surface area contributed by atoms with Gasteiger partial charge in [0.15, 0.2) is 0 Å². The van der Waals surface area contributed by atoms with Crippen LogP contribution in [-0.4, -0.2) is 47.7 Å². The van der Waals surface area contributed by atoms with Crippen LogP contribution in [0.15, 0.2) is 6.07 Å². The Morgan fingerprint density at radius 1 is 1.50 bits per heavy atom. The zero-order valence-corrected chi connectivity index (χ0v) is 11.4. The highest BCUT2D eigenvalue weighted by atomic mass is 16.5. The van der Waals surface area contributed by atoms with Crippen molar-refractivity contribution in [3.63, 3.8) is 0 Å². The van der Waals surface area contributed by atoms with Gasteiger partial charge in [-0.3, -0.25) is 4.90 Å². The molecule has 0 bridgehead atoms. The zero-order valence-electron chi connectivity index (χ0n) is 11.4. The van der Waals surface area contributed by atoms with Crippen molar-refractivity contribution in [2.75, 3.05) is 32.1 Å². The van der Waals surface area contributed by atoms with Crippen molar-refractivity contribution in [3.05, 3.63) is 17.6 Å². The van der Waals surface area contributed by atoms with E-state index in [0.717, 1.165) is 50.1 Å². The minimum absolute atomic E-state index is 0.497. The van der Waals surface area contributed by atoms with Crippen molar-refractivity contribution in [3.8, 4) is 0 Å². The van der Waals surface area contributed by atoms with Gasteiger partial charge in [0.1, 0.15) is 11.6 Å². The third kappa shape index (κ3) is 3.40. The fourth-order valence-corrected chi connectivity index (χ4v) is 2.19. The molecule has 1 aliphatic heterocycles. The van der Waals surface area contributed by atoms with Crippen molar-refractivity contribution in [2.45, 2.75) is 32.9 Å². The van der Waals surface area contributed by atoms with E-state index in [1.54, 1.807) is 0 Å². The maximum absolute atomic E-state index is 5.41. The summed E-state index contributed by atoms with van der Waals surface area (Å²) in [5, 5.41) is 3.24. The number of nitrogens with zero attached hydrogens (tertiary/aromatic N) is 3. The fraction of sp³-hybridized carbons (Fsp3) is 0.692. The lowest BCUT2D eigenvalue weighted by atomic mass is 10.2. The first kappa shape index (κ1) is 13.2. The molecule has 0 radical (unpaired) electrons. The molecule has 1 aromatic rings. The molecule has 0 saturated carbocycles. The lowest BCUT2D eigenvalue weighted by Crippen LogP contribution is -2.32. The van der Waals surface area contributed by atoms with E-state index in [2.05, 4.69) is 34.2 Å². The largest absolute Gasteiger partial charge is 0.380 e. The second kappa shape index (κ2) is 6.11. The molecule has 2 heterocycles. The molecular formula is C13H22N4O. The quantitative estimate of drug-likeness (QED) is 0.857. The van der Waals surface area contributed by atoms with Crippen LogP contribution in [0.2, 0.25) is 0 Å². The SMILES string of the molecule is CCNc1cc(C)nc(CN(C)C2CCOC2)n1. The first-order chi connectivity index (χ1) is 8.69. The van der Waals surface area contributed by atoms with Gasteiger partial charge in [-0.2, -0.15) is 0 Å². The third-order valence-corrected chi connectivity index (χ3v) is 3.18. The van der Waals surface area contributed by atoms with E-state index in [1.807, 2.05) is 13.0 Å². The van der Waals surface area contributed by atoms with Gasteiger partial charge in [-0.1, -0.05) is 0 Å². The summed E-state index contributed by atoms with van der Waals surface area (Å²) in [4.78, 5) is 11.3. The molecule has 1 aliphatic rings. The molecule has 2 rings (SSSR count). The van der Waals surface area contributed by atoms with Crippen molar-refractivity contribution in [2.24, 2.45) is 0 Å². The van der Waals surface area contributed by atoms with E-state index in [-0.39, 0.29) is 0 Å². The van der Waals surface area contributed by atoms with Gasteiger partial charge in [0.2, 0.25) is 0 Å². The number of hydrogen-bond donors (Lipinski definition) is 1. The number of hydrogen-bond acceptors (Lipinski definition) is 5. The van der Waals surface area contributed by atoms with E-state index < -0.39 is 0 Å². The lowest BCUT2D eigenvalue weighted by molar-refractivity contribution is 0.155. The topological polar surface area (TPSA) is 50.3 Å². The fourth-order valence-electron chi connectivity index (χ4n) is 2.19. The molecular weight excluding hydrogens is 228 g/mol. The summed E-state index contributed by atoms with van der Waals surface area (Å²) >= 11 is 0. The molecule has 0 aliphatic carbocycles. The van der Waals surface area contributed by atoms with E-state index in [1.165, 1.54) is 0 Å². The standard InChI is InChI=1S/C13H22N4O/c1-4-14-12-7-10(2)15-13(16-12)8-17(3)11-5-6-18-9-11/h7,11H,4-6,8-9H2,1-3H3,(H,14,15,16). The monoisotopic (exact) mass is 250 g/mol. The van der Waals surface area contributed by atoms with Crippen LogP contribution in [-0.2, 0) is 11.3 Å².